The van der Waals surface area contributed by atoms with Gasteiger partial charge < -0.3 is 9.57 Å². The summed E-state index contributed by atoms with van der Waals surface area (Å²) >= 11 is 0. The minimum absolute atomic E-state index is 0.0813. The van der Waals surface area contributed by atoms with Gasteiger partial charge in [-0.2, -0.15) is 13.2 Å². The highest BCUT2D eigenvalue weighted by Crippen LogP contribution is 2.32. The van der Waals surface area contributed by atoms with Crippen molar-refractivity contribution in [3.63, 3.8) is 0 Å². The zero-order valence-corrected chi connectivity index (χ0v) is 17.8. The molecule has 0 bridgehead atoms. The molecule has 1 aliphatic rings. The standard InChI is InChI=1S/C26H23F4NO2/c27-23-14-20(13-22(17-23)26(28,29)30)16-24(15-19-7-3-1-4-8-19)33-31-11-12-32-18-25(31)21-9-5-2-6-10-21/h1-10,13-14,16-17,25H,11-12,15,18H2/t25-/m1/s1. The Morgan fingerprint density at radius 1 is 1.00 bits per heavy atom. The summed E-state index contributed by atoms with van der Waals surface area (Å²) in [4.78, 5) is 6.24. The maximum absolute atomic E-state index is 14.0. The van der Waals surface area contributed by atoms with Gasteiger partial charge in [0.05, 0.1) is 31.4 Å². The van der Waals surface area contributed by atoms with Crippen LogP contribution in [0.2, 0.25) is 0 Å². The molecule has 0 saturated carbocycles. The molecular formula is C26H23F4NO2. The summed E-state index contributed by atoms with van der Waals surface area (Å²) < 4.78 is 59.2. The highest BCUT2D eigenvalue weighted by atomic mass is 19.4. The third-order valence-corrected chi connectivity index (χ3v) is 5.29. The van der Waals surface area contributed by atoms with Crippen LogP contribution in [0.1, 0.15) is 28.3 Å². The largest absolute Gasteiger partial charge is 0.416 e. The molecule has 4 rings (SSSR count). The Kier molecular flexibility index (Phi) is 7.11. The fraction of sp³-hybridized carbons (Fsp3) is 0.231. The van der Waals surface area contributed by atoms with Crippen LogP contribution in [0.3, 0.4) is 0 Å². The maximum Gasteiger partial charge on any atom is 0.416 e. The lowest BCUT2D eigenvalue weighted by Gasteiger charge is -2.35. The van der Waals surface area contributed by atoms with Crippen LogP contribution in [-0.4, -0.2) is 24.8 Å². The number of ether oxygens (including phenoxy) is 1. The van der Waals surface area contributed by atoms with Gasteiger partial charge in [0.15, 0.2) is 0 Å². The number of nitrogens with zero attached hydrogens (tertiary/aromatic N) is 1. The highest BCUT2D eigenvalue weighted by Gasteiger charge is 2.31. The molecule has 0 unspecified atom stereocenters. The van der Waals surface area contributed by atoms with Gasteiger partial charge in [-0.3, -0.25) is 0 Å². The molecular weight excluding hydrogens is 434 g/mol. The first kappa shape index (κ1) is 23.0. The van der Waals surface area contributed by atoms with E-state index >= 15 is 0 Å². The summed E-state index contributed by atoms with van der Waals surface area (Å²) in [6, 6.07) is 21.4. The van der Waals surface area contributed by atoms with Crippen molar-refractivity contribution in [3.05, 3.63) is 113 Å². The van der Waals surface area contributed by atoms with Crippen LogP contribution in [0.4, 0.5) is 17.6 Å². The van der Waals surface area contributed by atoms with Gasteiger partial charge in [-0.05, 0) is 41.0 Å². The van der Waals surface area contributed by atoms with Crippen molar-refractivity contribution >= 4 is 6.08 Å². The molecule has 1 aliphatic heterocycles. The summed E-state index contributed by atoms with van der Waals surface area (Å²) in [5.74, 6) is -0.550. The fourth-order valence-corrected chi connectivity index (χ4v) is 3.74. The number of hydrogen-bond donors (Lipinski definition) is 0. The van der Waals surface area contributed by atoms with Gasteiger partial charge >= 0.3 is 6.18 Å². The predicted molar refractivity (Wildman–Crippen MR) is 117 cm³/mol. The first-order valence-electron chi connectivity index (χ1n) is 10.6. The van der Waals surface area contributed by atoms with Crippen LogP contribution in [0.25, 0.3) is 6.08 Å². The summed E-state index contributed by atoms with van der Waals surface area (Å²) in [5, 5.41) is 1.78. The molecule has 172 valence electrons. The zero-order chi connectivity index (χ0) is 23.3. The first-order valence-corrected chi connectivity index (χ1v) is 10.6. The summed E-state index contributed by atoms with van der Waals surface area (Å²) in [7, 11) is 0. The Bertz CT molecular complexity index is 1080. The number of allylic oxidation sites excluding steroid dienone is 1. The van der Waals surface area contributed by atoms with Gasteiger partial charge in [0, 0.05) is 6.42 Å². The zero-order valence-electron chi connectivity index (χ0n) is 17.8. The van der Waals surface area contributed by atoms with Crippen LogP contribution in [0.5, 0.6) is 0 Å². The number of benzene rings is 3. The van der Waals surface area contributed by atoms with Crippen LogP contribution in [0.15, 0.2) is 84.6 Å². The molecule has 0 aromatic heterocycles. The van der Waals surface area contributed by atoms with E-state index in [0.29, 0.717) is 38.0 Å². The SMILES string of the molecule is Fc1cc(C=C(Cc2ccccc2)ON2CCOC[C@@H]2c2ccccc2)cc(C(F)(F)F)c1. The van der Waals surface area contributed by atoms with Gasteiger partial charge in [0.2, 0.25) is 0 Å². The minimum Gasteiger partial charge on any atom is -0.409 e. The summed E-state index contributed by atoms with van der Waals surface area (Å²) in [5.41, 5.74) is 0.959. The minimum atomic E-state index is -4.65. The van der Waals surface area contributed by atoms with Gasteiger partial charge in [0.1, 0.15) is 11.6 Å². The Balaban J connectivity index is 1.67. The van der Waals surface area contributed by atoms with E-state index < -0.39 is 17.6 Å². The normalized spacial score (nSPS) is 17.7. The van der Waals surface area contributed by atoms with Crippen molar-refractivity contribution in [2.75, 3.05) is 19.8 Å². The number of halogens is 4. The van der Waals surface area contributed by atoms with Crippen molar-refractivity contribution < 1.29 is 27.1 Å². The van der Waals surface area contributed by atoms with Crippen molar-refractivity contribution in [3.8, 4) is 0 Å². The van der Waals surface area contributed by atoms with Gasteiger partial charge in [-0.15, -0.1) is 5.06 Å². The van der Waals surface area contributed by atoms with E-state index in [1.54, 1.807) is 5.06 Å². The molecule has 3 aromatic rings. The third kappa shape index (κ3) is 6.21. The number of hydrogen-bond acceptors (Lipinski definition) is 3. The molecule has 0 spiro atoms. The second-order valence-electron chi connectivity index (χ2n) is 7.78. The Hall–Kier alpha value is -3.16. The molecule has 3 aromatic carbocycles. The molecule has 7 heteroatoms. The quantitative estimate of drug-likeness (QED) is 0.314. The molecule has 0 aliphatic carbocycles. The Morgan fingerprint density at radius 3 is 2.39 bits per heavy atom. The third-order valence-electron chi connectivity index (χ3n) is 5.29. The van der Waals surface area contributed by atoms with Crippen molar-refractivity contribution in [1.82, 2.24) is 5.06 Å². The molecule has 0 amide bonds. The van der Waals surface area contributed by atoms with Crippen LogP contribution in [0, 0.1) is 5.82 Å². The molecule has 33 heavy (non-hydrogen) atoms. The average molecular weight is 457 g/mol. The lowest BCUT2D eigenvalue weighted by Crippen LogP contribution is -2.39. The lowest BCUT2D eigenvalue weighted by molar-refractivity contribution is -0.200. The highest BCUT2D eigenvalue weighted by molar-refractivity contribution is 5.53. The molecule has 1 saturated heterocycles. The van der Waals surface area contributed by atoms with E-state index in [2.05, 4.69) is 0 Å². The van der Waals surface area contributed by atoms with Crippen LogP contribution in [-0.2, 0) is 22.2 Å². The number of rotatable bonds is 6. The van der Waals surface area contributed by atoms with E-state index in [0.717, 1.165) is 23.3 Å². The number of alkyl halides is 3. The second kappa shape index (κ2) is 10.2. The summed E-state index contributed by atoms with van der Waals surface area (Å²) in [6.45, 7) is 1.35. The molecule has 0 N–H and O–H groups in total. The lowest BCUT2D eigenvalue weighted by atomic mass is 10.1. The Morgan fingerprint density at radius 2 is 1.70 bits per heavy atom. The van der Waals surface area contributed by atoms with E-state index in [4.69, 9.17) is 9.57 Å². The second-order valence-corrected chi connectivity index (χ2v) is 7.78. The maximum atomic E-state index is 14.0. The van der Waals surface area contributed by atoms with Gasteiger partial charge in [-0.1, -0.05) is 60.7 Å². The Labute approximate surface area is 189 Å². The molecule has 0 radical (unpaired) electrons. The average Bonchev–Trinajstić information content (AvgIpc) is 2.80. The van der Waals surface area contributed by atoms with Crippen LogP contribution < -0.4 is 0 Å². The smallest absolute Gasteiger partial charge is 0.409 e. The van der Waals surface area contributed by atoms with Gasteiger partial charge in [-0.25, -0.2) is 4.39 Å². The number of morpholine rings is 1. The molecule has 3 nitrogen and oxygen atoms in total. The van der Waals surface area contributed by atoms with Crippen molar-refractivity contribution in [2.24, 2.45) is 0 Å². The first-order chi connectivity index (χ1) is 15.9. The van der Waals surface area contributed by atoms with Crippen molar-refractivity contribution in [1.29, 1.82) is 0 Å². The topological polar surface area (TPSA) is 21.7 Å². The van der Waals surface area contributed by atoms with E-state index in [1.807, 2.05) is 60.7 Å². The van der Waals surface area contributed by atoms with E-state index in [9.17, 15) is 17.6 Å². The van der Waals surface area contributed by atoms with Crippen molar-refractivity contribution in [2.45, 2.75) is 18.6 Å². The predicted octanol–water partition coefficient (Wildman–Crippen LogP) is 6.43. The molecule has 1 heterocycles. The van der Waals surface area contributed by atoms with E-state index in [-0.39, 0.29) is 11.6 Å². The number of hydroxylamine groups is 2. The summed E-state index contributed by atoms with van der Waals surface area (Å²) in [6.07, 6.45) is -2.85. The van der Waals surface area contributed by atoms with Crippen LogP contribution >= 0.6 is 0 Å². The van der Waals surface area contributed by atoms with Gasteiger partial charge in [0.25, 0.3) is 0 Å². The molecule has 1 atom stereocenters. The molecule has 1 fully saturated rings. The monoisotopic (exact) mass is 457 g/mol. The van der Waals surface area contributed by atoms with E-state index in [1.165, 1.54) is 6.08 Å². The fourth-order valence-electron chi connectivity index (χ4n) is 3.74.